The van der Waals surface area contributed by atoms with Crippen LogP contribution in [0.15, 0.2) is 114 Å². The summed E-state index contributed by atoms with van der Waals surface area (Å²) in [6.45, 7) is 3.78. The molecule has 0 atom stereocenters. The van der Waals surface area contributed by atoms with Gasteiger partial charge in [0.1, 0.15) is 0 Å². The number of pyridine rings is 1. The smallest absolute Gasteiger partial charge is 0.253 e. The van der Waals surface area contributed by atoms with Crippen molar-refractivity contribution in [2.24, 2.45) is 0 Å². The monoisotopic (exact) mass is 532 g/mol. The predicted molar refractivity (Wildman–Crippen MR) is 158 cm³/mol. The molecule has 194 valence electrons. The molecule has 4 aromatic carbocycles. The number of hydrogen-bond donors (Lipinski definition) is 1. The molecule has 1 N–H and O–H groups in total. The Morgan fingerprint density at radius 3 is 2.03 bits per heavy atom. The fraction of sp³-hybridized carbons (Fsp3) is 0.121. The predicted octanol–water partition coefficient (Wildman–Crippen LogP) is 7.02. The quantitative estimate of drug-likeness (QED) is 0.234. The van der Waals surface area contributed by atoms with Gasteiger partial charge in [-0.05, 0) is 82.4 Å². The van der Waals surface area contributed by atoms with Crippen molar-refractivity contribution in [3.63, 3.8) is 0 Å². The highest BCUT2D eigenvalue weighted by Crippen LogP contribution is 2.29. The molecule has 6 heteroatoms. The van der Waals surface area contributed by atoms with E-state index in [1.54, 1.807) is 26.0 Å². The molecular formula is C33H28N2O3S. The molecule has 0 fully saturated rings. The fourth-order valence-electron chi connectivity index (χ4n) is 5.08. The second-order valence-corrected chi connectivity index (χ2v) is 12.6. The number of sulfone groups is 1. The summed E-state index contributed by atoms with van der Waals surface area (Å²) in [5.41, 5.74) is 4.42. The first-order chi connectivity index (χ1) is 18.8. The van der Waals surface area contributed by atoms with Crippen LogP contribution in [0.2, 0.25) is 0 Å². The summed E-state index contributed by atoms with van der Waals surface area (Å²) in [6, 6.07) is 31.5. The SMILES string of the molecule is CC(C)S(=O)(=O)c1ccc(-c2ccc3cc(C(=O)NCc4c5ccccc5cc5ccccc45)cn3c2)cc1. The van der Waals surface area contributed by atoms with E-state index in [2.05, 4.69) is 35.6 Å². The Hall–Kier alpha value is -4.42. The number of amides is 1. The number of fused-ring (bicyclic) bond motifs is 3. The molecule has 0 bridgehead atoms. The van der Waals surface area contributed by atoms with Gasteiger partial charge in [0.05, 0.1) is 15.7 Å². The number of nitrogens with one attached hydrogen (secondary N) is 1. The molecule has 0 aliphatic heterocycles. The molecule has 0 spiro atoms. The molecule has 0 aliphatic carbocycles. The van der Waals surface area contributed by atoms with Crippen LogP contribution >= 0.6 is 0 Å². The molecule has 0 saturated carbocycles. The van der Waals surface area contributed by atoms with Gasteiger partial charge in [0.2, 0.25) is 0 Å². The number of rotatable bonds is 6. The van der Waals surface area contributed by atoms with Crippen molar-refractivity contribution in [3.8, 4) is 11.1 Å². The van der Waals surface area contributed by atoms with E-state index in [1.165, 1.54) is 0 Å². The van der Waals surface area contributed by atoms with E-state index in [-0.39, 0.29) is 5.91 Å². The van der Waals surface area contributed by atoms with Crippen molar-refractivity contribution in [2.75, 3.05) is 0 Å². The number of aromatic nitrogens is 1. The highest BCUT2D eigenvalue weighted by atomic mass is 32.2. The summed E-state index contributed by atoms with van der Waals surface area (Å²) in [5.74, 6) is -0.138. The zero-order valence-electron chi connectivity index (χ0n) is 21.8. The van der Waals surface area contributed by atoms with Crippen molar-refractivity contribution in [1.82, 2.24) is 9.72 Å². The van der Waals surface area contributed by atoms with E-state index in [0.29, 0.717) is 17.0 Å². The molecule has 39 heavy (non-hydrogen) atoms. The largest absolute Gasteiger partial charge is 0.348 e. The van der Waals surface area contributed by atoms with Crippen LogP contribution in [0.3, 0.4) is 0 Å². The van der Waals surface area contributed by atoms with Crippen molar-refractivity contribution in [1.29, 1.82) is 0 Å². The van der Waals surface area contributed by atoms with Gasteiger partial charge in [0.15, 0.2) is 9.84 Å². The van der Waals surface area contributed by atoms with Crippen LogP contribution in [-0.2, 0) is 16.4 Å². The lowest BCUT2D eigenvalue weighted by Crippen LogP contribution is -2.22. The fourth-order valence-corrected chi connectivity index (χ4v) is 6.14. The van der Waals surface area contributed by atoms with Gasteiger partial charge in [-0.25, -0.2) is 8.42 Å². The molecule has 0 radical (unpaired) electrons. The topological polar surface area (TPSA) is 67.7 Å². The molecule has 0 saturated heterocycles. The maximum Gasteiger partial charge on any atom is 0.253 e. The van der Waals surface area contributed by atoms with E-state index in [0.717, 1.165) is 43.8 Å². The first-order valence-electron chi connectivity index (χ1n) is 12.9. The van der Waals surface area contributed by atoms with Crippen LogP contribution in [0.4, 0.5) is 0 Å². The molecule has 2 heterocycles. The van der Waals surface area contributed by atoms with Crippen LogP contribution < -0.4 is 5.32 Å². The van der Waals surface area contributed by atoms with Gasteiger partial charge < -0.3 is 9.72 Å². The van der Waals surface area contributed by atoms with E-state index in [1.807, 2.05) is 71.4 Å². The van der Waals surface area contributed by atoms with Gasteiger partial charge >= 0.3 is 0 Å². The molecule has 5 nitrogen and oxygen atoms in total. The Labute approximate surface area is 227 Å². The van der Waals surface area contributed by atoms with Crippen LogP contribution in [-0.4, -0.2) is 24.0 Å². The molecule has 6 aromatic rings. The van der Waals surface area contributed by atoms with E-state index < -0.39 is 15.1 Å². The molecule has 1 amide bonds. The second-order valence-electron chi connectivity index (χ2n) is 10.1. The summed E-state index contributed by atoms with van der Waals surface area (Å²) < 4.78 is 26.8. The first kappa shape index (κ1) is 24.9. The summed E-state index contributed by atoms with van der Waals surface area (Å²) in [7, 11) is -3.32. The molecule has 0 aliphatic rings. The van der Waals surface area contributed by atoms with Crippen LogP contribution in [0.5, 0.6) is 0 Å². The highest BCUT2D eigenvalue weighted by Gasteiger charge is 2.19. The third-order valence-corrected chi connectivity index (χ3v) is 9.47. The Balaban J connectivity index is 1.26. The average Bonchev–Trinajstić information content (AvgIpc) is 3.39. The zero-order valence-corrected chi connectivity index (χ0v) is 22.6. The van der Waals surface area contributed by atoms with Crippen molar-refractivity contribution < 1.29 is 13.2 Å². The van der Waals surface area contributed by atoms with Crippen molar-refractivity contribution in [2.45, 2.75) is 30.5 Å². The Morgan fingerprint density at radius 1 is 0.769 bits per heavy atom. The van der Waals surface area contributed by atoms with Gasteiger partial charge in [-0.2, -0.15) is 0 Å². The zero-order chi connectivity index (χ0) is 27.1. The van der Waals surface area contributed by atoms with Gasteiger partial charge in [0, 0.05) is 24.5 Å². The number of nitrogens with zero attached hydrogens (tertiary/aromatic N) is 1. The standard InChI is InChI=1S/C33H28N2O3S/c1-22(2)39(37,38)29-15-12-23(13-16-29)26-11-14-28-18-27(21-35(28)20-26)33(36)34-19-32-30-9-5-3-7-24(30)17-25-8-4-6-10-31(25)32/h3-18,20-22H,19H2,1-2H3,(H,34,36). The van der Waals surface area contributed by atoms with Gasteiger partial charge in [-0.1, -0.05) is 66.7 Å². The Morgan fingerprint density at radius 2 is 1.38 bits per heavy atom. The highest BCUT2D eigenvalue weighted by molar-refractivity contribution is 7.92. The minimum absolute atomic E-state index is 0.138. The first-order valence-corrected chi connectivity index (χ1v) is 14.5. The van der Waals surface area contributed by atoms with Crippen LogP contribution in [0, 0.1) is 0 Å². The summed E-state index contributed by atoms with van der Waals surface area (Å²) in [6.07, 6.45) is 3.78. The molecule has 2 aromatic heterocycles. The number of hydrogen-bond acceptors (Lipinski definition) is 3. The summed E-state index contributed by atoms with van der Waals surface area (Å²) >= 11 is 0. The minimum atomic E-state index is -3.32. The summed E-state index contributed by atoms with van der Waals surface area (Å²) in [4.78, 5) is 13.5. The van der Waals surface area contributed by atoms with Gasteiger partial charge in [0.25, 0.3) is 5.91 Å². The van der Waals surface area contributed by atoms with Crippen molar-refractivity contribution >= 4 is 42.8 Å². The van der Waals surface area contributed by atoms with Gasteiger partial charge in [-0.15, -0.1) is 0 Å². The third kappa shape index (κ3) is 4.57. The molecule has 0 unspecified atom stereocenters. The maximum atomic E-state index is 13.2. The number of benzene rings is 4. The minimum Gasteiger partial charge on any atom is -0.348 e. The maximum absolute atomic E-state index is 13.2. The van der Waals surface area contributed by atoms with E-state index in [9.17, 15) is 13.2 Å². The second kappa shape index (κ2) is 9.71. The molecule has 6 rings (SSSR count). The van der Waals surface area contributed by atoms with E-state index in [4.69, 9.17) is 0 Å². The number of carbonyl (C=O) groups is 1. The lowest BCUT2D eigenvalue weighted by molar-refractivity contribution is 0.0951. The number of carbonyl (C=O) groups excluding carboxylic acids is 1. The van der Waals surface area contributed by atoms with Crippen LogP contribution in [0.25, 0.3) is 38.2 Å². The average molecular weight is 533 g/mol. The third-order valence-electron chi connectivity index (χ3n) is 7.30. The Kier molecular flexibility index (Phi) is 6.20. The van der Waals surface area contributed by atoms with Crippen molar-refractivity contribution in [3.05, 3.63) is 121 Å². The summed E-state index contributed by atoms with van der Waals surface area (Å²) in [5, 5.41) is 7.23. The lowest BCUT2D eigenvalue weighted by Gasteiger charge is -2.12. The lowest BCUT2D eigenvalue weighted by atomic mass is 9.97. The molecular weight excluding hydrogens is 504 g/mol. The Bertz CT molecular complexity index is 1920. The normalized spacial score (nSPS) is 12.0. The van der Waals surface area contributed by atoms with E-state index >= 15 is 0 Å². The van der Waals surface area contributed by atoms with Gasteiger partial charge in [-0.3, -0.25) is 4.79 Å². The van der Waals surface area contributed by atoms with Crippen LogP contribution in [0.1, 0.15) is 29.8 Å².